The lowest BCUT2D eigenvalue weighted by atomic mass is 9.99. The molecule has 1 amide bonds. The fourth-order valence-corrected chi connectivity index (χ4v) is 3.32. The molecule has 0 heterocycles. The highest BCUT2D eigenvalue weighted by Gasteiger charge is 2.72. The Morgan fingerprint density at radius 2 is 1.64 bits per heavy atom. The number of nitrogens with one attached hydrogen (secondary N) is 1. The summed E-state index contributed by atoms with van der Waals surface area (Å²) in [6.07, 6.45) is -12.7. The summed E-state index contributed by atoms with van der Waals surface area (Å²) in [7, 11) is -6.03. The predicted molar refractivity (Wildman–Crippen MR) is 81.0 cm³/mol. The third kappa shape index (κ3) is 5.10. The van der Waals surface area contributed by atoms with Crippen LogP contribution in [0.2, 0.25) is 5.02 Å². The fraction of sp³-hybridized carbons (Fsp3) is 0.364. The number of carbonyl (C=O) groups is 1. The van der Waals surface area contributed by atoms with E-state index in [1.54, 1.807) is 22.6 Å². The van der Waals surface area contributed by atoms with E-state index >= 15 is 0 Å². The van der Waals surface area contributed by atoms with Crippen molar-refractivity contribution >= 4 is 50.2 Å². The van der Waals surface area contributed by atoms with Crippen LogP contribution in [0.1, 0.15) is 10.4 Å². The summed E-state index contributed by atoms with van der Waals surface area (Å²) in [5.74, 6) is -4.90. The number of amides is 1. The Hall–Kier alpha value is -0.800. The van der Waals surface area contributed by atoms with Gasteiger partial charge in [0.2, 0.25) is 5.54 Å². The van der Waals surface area contributed by atoms with Crippen LogP contribution >= 0.6 is 34.2 Å². The van der Waals surface area contributed by atoms with E-state index in [4.69, 9.17) is 11.6 Å². The molecule has 0 aliphatic carbocycles. The van der Waals surface area contributed by atoms with Gasteiger partial charge in [0.05, 0.1) is 26.5 Å². The van der Waals surface area contributed by atoms with Crippen molar-refractivity contribution in [3.63, 3.8) is 0 Å². The van der Waals surface area contributed by atoms with E-state index < -0.39 is 50.3 Å². The topological polar surface area (TPSA) is 86.3 Å². The smallest absolute Gasteiger partial charge is 0.421 e. The number of carbonyl (C=O) groups excluding carboxylic acids is 1. The van der Waals surface area contributed by atoms with Crippen molar-refractivity contribution in [1.29, 1.82) is 0 Å². The second kappa shape index (κ2) is 7.08. The van der Waals surface area contributed by atoms with E-state index in [0.717, 1.165) is 12.1 Å². The van der Waals surface area contributed by atoms with E-state index in [2.05, 4.69) is 0 Å². The lowest BCUT2D eigenvalue weighted by Gasteiger charge is -2.38. The summed E-state index contributed by atoms with van der Waals surface area (Å²) < 4.78 is 111. The lowest BCUT2D eigenvalue weighted by Crippen LogP contribution is -2.70. The number of alkyl halides is 6. The summed E-state index contributed by atoms with van der Waals surface area (Å²) in [4.78, 5) is 11.9. The molecule has 0 saturated heterocycles. The van der Waals surface area contributed by atoms with Crippen LogP contribution in [0.15, 0.2) is 18.2 Å². The van der Waals surface area contributed by atoms with Gasteiger partial charge in [-0.15, -0.1) is 0 Å². The first kappa shape index (κ1) is 22.2. The minimum Gasteiger partial charge on any atom is -0.748 e. The molecule has 0 atom stereocenters. The zero-order valence-corrected chi connectivity index (χ0v) is 15.2. The molecule has 25 heavy (non-hydrogen) atoms. The van der Waals surface area contributed by atoms with Crippen LogP contribution in [0, 0.1) is 3.57 Å². The van der Waals surface area contributed by atoms with Crippen molar-refractivity contribution < 1.29 is 44.1 Å². The van der Waals surface area contributed by atoms with Crippen molar-refractivity contribution in [2.45, 2.75) is 17.9 Å². The second-order valence-electron chi connectivity index (χ2n) is 4.68. The molecule has 0 fully saturated rings. The normalized spacial score (nSPS) is 13.6. The molecule has 0 aliphatic rings. The molecular weight excluding hydrogens is 519 g/mol. The largest absolute Gasteiger partial charge is 0.748 e. The van der Waals surface area contributed by atoms with Gasteiger partial charge in [-0.05, 0) is 40.8 Å². The van der Waals surface area contributed by atoms with Gasteiger partial charge in [-0.3, -0.25) is 4.79 Å². The Labute approximate surface area is 155 Å². The highest BCUT2D eigenvalue weighted by molar-refractivity contribution is 14.1. The summed E-state index contributed by atoms with van der Waals surface area (Å²) in [5.41, 5.74) is -6.04. The molecule has 1 aromatic carbocycles. The number of hydrogen-bond acceptors (Lipinski definition) is 4. The SMILES string of the molecule is O=C(NC(CS(=O)(=O)[O-])(C(F)(F)F)C(F)(F)F)c1cc(I)ccc1Cl. The molecule has 0 aliphatic heterocycles. The highest BCUT2D eigenvalue weighted by Crippen LogP contribution is 2.44. The van der Waals surface area contributed by atoms with Gasteiger partial charge in [0.1, 0.15) is 0 Å². The van der Waals surface area contributed by atoms with E-state index in [0.29, 0.717) is 5.32 Å². The first-order valence-electron chi connectivity index (χ1n) is 5.85. The standard InChI is InChI=1S/C11H7ClF6INO4S/c12-7-2-1-5(19)3-6(7)8(21)20-9(10(13,14)15,11(16,17)18)4-25(22,23)24/h1-3H,4H2,(H,20,21)(H,22,23,24)/p-1. The van der Waals surface area contributed by atoms with Crippen LogP contribution in [0.5, 0.6) is 0 Å². The summed E-state index contributed by atoms with van der Waals surface area (Å²) in [6, 6.07) is 3.26. The van der Waals surface area contributed by atoms with Crippen molar-refractivity contribution in [2.24, 2.45) is 0 Å². The molecule has 0 unspecified atom stereocenters. The molecule has 0 bridgehead atoms. The number of hydrogen-bond donors (Lipinski definition) is 1. The fourth-order valence-electron chi connectivity index (χ4n) is 1.70. The summed E-state index contributed by atoms with van der Waals surface area (Å²) in [5, 5.41) is 0.124. The van der Waals surface area contributed by atoms with Gasteiger partial charge in [0, 0.05) is 3.57 Å². The molecule has 1 N–H and O–H groups in total. The molecule has 0 radical (unpaired) electrons. The number of rotatable bonds is 4. The average molecular weight is 525 g/mol. The predicted octanol–water partition coefficient (Wildman–Crippen LogP) is 3.08. The van der Waals surface area contributed by atoms with Crippen molar-refractivity contribution in [1.82, 2.24) is 5.32 Å². The van der Waals surface area contributed by atoms with Crippen LogP contribution in [0.4, 0.5) is 26.3 Å². The first-order valence-corrected chi connectivity index (χ1v) is 8.88. The quantitative estimate of drug-likeness (QED) is 0.373. The molecule has 5 nitrogen and oxygen atoms in total. The number of benzene rings is 1. The van der Waals surface area contributed by atoms with Gasteiger partial charge in [0.15, 0.2) is 0 Å². The van der Waals surface area contributed by atoms with Gasteiger partial charge < -0.3 is 9.87 Å². The third-order valence-electron chi connectivity index (χ3n) is 2.86. The third-order valence-corrected chi connectivity index (χ3v) is 4.65. The Morgan fingerprint density at radius 3 is 2.04 bits per heavy atom. The highest BCUT2D eigenvalue weighted by atomic mass is 127. The summed E-state index contributed by atoms with van der Waals surface area (Å²) >= 11 is 7.19. The Balaban J connectivity index is 3.53. The first-order chi connectivity index (χ1) is 11.0. The lowest BCUT2D eigenvalue weighted by molar-refractivity contribution is -0.296. The average Bonchev–Trinajstić information content (AvgIpc) is 2.36. The van der Waals surface area contributed by atoms with Crippen LogP contribution in [-0.2, 0) is 10.1 Å². The van der Waals surface area contributed by atoms with E-state index in [1.165, 1.54) is 6.07 Å². The maximum Gasteiger partial charge on any atom is 0.421 e. The maximum absolute atomic E-state index is 13.1. The van der Waals surface area contributed by atoms with Gasteiger partial charge in [-0.2, -0.15) is 26.3 Å². The monoisotopic (exact) mass is 524 g/mol. The zero-order valence-electron chi connectivity index (χ0n) is 11.5. The van der Waals surface area contributed by atoms with Gasteiger partial charge in [0.25, 0.3) is 5.91 Å². The van der Waals surface area contributed by atoms with Crippen LogP contribution in [-0.4, -0.2) is 42.5 Å². The molecule has 1 rings (SSSR count). The molecule has 0 aromatic heterocycles. The van der Waals surface area contributed by atoms with Crippen LogP contribution in [0.3, 0.4) is 0 Å². The Kier molecular flexibility index (Phi) is 6.29. The minimum absolute atomic E-state index is 0.258. The van der Waals surface area contributed by atoms with E-state index in [9.17, 15) is 44.1 Å². The zero-order chi connectivity index (χ0) is 19.8. The molecule has 142 valence electrons. The molecule has 0 spiro atoms. The molecule has 14 heteroatoms. The van der Waals surface area contributed by atoms with Crippen molar-refractivity contribution in [3.05, 3.63) is 32.4 Å². The van der Waals surface area contributed by atoms with Gasteiger partial charge in [-0.1, -0.05) is 11.6 Å². The van der Waals surface area contributed by atoms with Gasteiger partial charge >= 0.3 is 12.4 Å². The molecular formula is C11H6ClF6INO4S-. The Morgan fingerprint density at radius 1 is 1.16 bits per heavy atom. The van der Waals surface area contributed by atoms with Crippen LogP contribution in [0.25, 0.3) is 0 Å². The van der Waals surface area contributed by atoms with Gasteiger partial charge in [-0.25, -0.2) is 8.42 Å². The molecule has 0 saturated carbocycles. The van der Waals surface area contributed by atoms with E-state index in [-0.39, 0.29) is 3.57 Å². The minimum atomic E-state index is -6.33. The number of halogens is 8. The van der Waals surface area contributed by atoms with Crippen LogP contribution < -0.4 is 5.32 Å². The Bertz CT molecular complexity index is 766. The summed E-state index contributed by atoms with van der Waals surface area (Å²) in [6.45, 7) is 0. The van der Waals surface area contributed by atoms with Crippen molar-refractivity contribution in [2.75, 3.05) is 5.75 Å². The second-order valence-corrected chi connectivity index (χ2v) is 7.74. The molecule has 1 aromatic rings. The van der Waals surface area contributed by atoms with Crippen molar-refractivity contribution in [3.8, 4) is 0 Å². The maximum atomic E-state index is 13.1. The van der Waals surface area contributed by atoms with E-state index in [1.807, 2.05) is 0 Å².